The number of ether oxygens (including phenoxy) is 19. The Kier molecular flexibility index (Phi) is 36.8. The molecule has 0 aromatic carbocycles. The summed E-state index contributed by atoms with van der Waals surface area (Å²) >= 11 is 0. The van der Waals surface area contributed by atoms with Crippen molar-refractivity contribution in [1.29, 1.82) is 0 Å². The molecule has 10 aliphatic rings. The molecule has 0 aromatic rings. The number of amides is 5. The number of carbonyl (C=O) groups excluding carboxylic acids is 5. The van der Waals surface area contributed by atoms with E-state index >= 15 is 0 Å². The second-order valence-corrected chi connectivity index (χ2v) is 31.7. The van der Waals surface area contributed by atoms with Crippen LogP contribution in [0.4, 0.5) is 0 Å². The second kappa shape index (κ2) is 44.9. The molecule has 0 spiro atoms. The molecule has 722 valence electrons. The molecule has 0 aromatic heterocycles. The number of aliphatic hydroxyl groups excluding tert-OH is 26. The van der Waals surface area contributed by atoms with Crippen molar-refractivity contribution in [2.45, 2.75) is 348 Å². The first kappa shape index (κ1) is 103. The lowest BCUT2D eigenvalue weighted by Crippen LogP contribution is -2.71. The van der Waals surface area contributed by atoms with Crippen molar-refractivity contribution in [2.75, 3.05) is 59.5 Å². The molecule has 55 heteroatoms. The van der Waals surface area contributed by atoms with Gasteiger partial charge in [0, 0.05) is 34.6 Å². The fraction of sp³-hybridized carbons (Fsp3) is 0.929. The van der Waals surface area contributed by atoms with Crippen molar-refractivity contribution in [3.63, 3.8) is 0 Å². The van der Waals surface area contributed by atoms with Gasteiger partial charge in [-0.2, -0.15) is 0 Å². The van der Waals surface area contributed by atoms with Gasteiger partial charge in [0.25, 0.3) is 0 Å². The lowest BCUT2D eigenvalue weighted by atomic mass is 9.93. The molecular formula is C70H117N5O50. The predicted octanol–water partition coefficient (Wildman–Crippen LogP) is -21.1. The largest absolute Gasteiger partial charge is 0.394 e. The summed E-state index contributed by atoms with van der Waals surface area (Å²) < 4.78 is 117. The highest BCUT2D eigenvalue weighted by atomic mass is 16.8. The van der Waals surface area contributed by atoms with Crippen molar-refractivity contribution < 1.29 is 247 Å². The minimum absolute atomic E-state index is 0.819. The molecule has 10 saturated heterocycles. The van der Waals surface area contributed by atoms with Gasteiger partial charge in [0.1, 0.15) is 238 Å². The number of hydrogen-bond acceptors (Lipinski definition) is 50. The third kappa shape index (κ3) is 22.9. The van der Waals surface area contributed by atoms with Gasteiger partial charge < -0.3 is 249 Å². The van der Waals surface area contributed by atoms with Gasteiger partial charge in [-0.15, -0.1) is 0 Å². The lowest BCUT2D eigenvalue weighted by molar-refractivity contribution is -0.408. The number of nitrogens with one attached hydrogen (secondary N) is 5. The molecule has 31 N–H and O–H groups in total. The van der Waals surface area contributed by atoms with Gasteiger partial charge in [-0.3, -0.25) is 24.0 Å². The van der Waals surface area contributed by atoms with E-state index in [0.29, 0.717) is 0 Å². The molecular weight excluding hydrogens is 1710 g/mol. The van der Waals surface area contributed by atoms with Gasteiger partial charge in [0.15, 0.2) is 62.9 Å². The molecule has 50 atom stereocenters. The molecule has 10 aliphatic heterocycles. The molecule has 0 aliphatic carbocycles. The average Bonchev–Trinajstić information content (AvgIpc) is 0.757. The van der Waals surface area contributed by atoms with E-state index in [0.717, 1.165) is 34.6 Å². The molecule has 10 heterocycles. The lowest BCUT2D eigenvalue weighted by Gasteiger charge is -2.52. The first-order valence-corrected chi connectivity index (χ1v) is 40.0. The zero-order chi connectivity index (χ0) is 92.1. The standard InChI is InChI=1S/C70H117N5O50/c1-16-36(89)46(99)50(103)66(108-16)122-57-35(75-21(6)88)65(116-29(14-83)55(57)121-67-51(104)47(100)39(92)24(9-78)112-67)124-59-48(101)40(93)25(10-79)113-69(59)107-15-30-56(120-62-32(72-18(3)85)42(95)37(90)22(7-76)110-62)58(123-70-60(49(102)41(94)26(11-80)114-70)125-63-33(73-19(4)86)43(96)38(91)23(8-77)111-63)52(105)68(117-30)119-54-28(13-82)115-64(34(45(54)98)74-20(5)87)118-53-27(12-81)109-61(106)31(44(53)97)71-17(2)84/h16,22-70,76-83,89-106H,7-15H2,1-6H3,(H,71,84)(H,72,85)(H,73,86)(H,74,87)(H,75,88)/t16-,22+,23+,24+,25+,26+,27+,28+,29+,30+,31+,32+,33+,34+,35+,36+,37+,38+,39-,40+,41+,42+,43+,44+,45+,46+,47-,48-,49-,50-,51+,52-,53+,54+,55+,56+,57+,58+,59-,60-,61+,62-,63-,64-,65-,66-,67-,68-,69-,70+/m0/s1. The summed E-state index contributed by atoms with van der Waals surface area (Å²) in [5.74, 6) is -4.78. The fourth-order valence-electron chi connectivity index (χ4n) is 16.3. The minimum Gasteiger partial charge on any atom is -0.394 e. The summed E-state index contributed by atoms with van der Waals surface area (Å²) in [6, 6.07) is -9.72. The molecule has 0 radical (unpaired) electrons. The van der Waals surface area contributed by atoms with E-state index in [2.05, 4.69) is 26.6 Å². The van der Waals surface area contributed by atoms with Crippen LogP contribution in [0.15, 0.2) is 0 Å². The molecule has 125 heavy (non-hydrogen) atoms. The number of aliphatic hydroxyl groups is 26. The Morgan fingerprint density at radius 2 is 0.496 bits per heavy atom. The Morgan fingerprint density at radius 3 is 0.952 bits per heavy atom. The SMILES string of the molecule is CC(=O)N[C@@H]1[C@@H](O)[C@H](O[C@@H]2O[C@H](CO)[C@@H](O[C@@H]3O[C@H](CO[C@H]4O[C@H](CO)[C@@H](O)[C@H](O)[C@@H]4O[C@@H]4O[C@H](CO)[C@@H](O[C@@H]5O[C@H](CO)[C@H](O)[C@H](O)[C@H]5O)[C@H](O[C@@H]5O[C@@H](C)[C@@H](O)[C@@H](O)[C@@H]5O)[C@H]4NC(C)=O)[C@@H](O[C@@H]4O[C@H](CO)[C@@H](O)[C@H](O)[C@H]4NC(C)=O)[C@H](O[C@H]4O[C@H](CO)[C@@H](O)[C@H](O)[C@@H]4O[C@@H]4O[C@H](CO)[C@@H](O)[C@H](O)[C@H]4NC(C)=O)[C@@H]3O)[C@H](O)[C@H]2NC(C)=O)[C@@H](CO)O[C@H]1O. The monoisotopic (exact) mass is 1830 g/mol. The summed E-state index contributed by atoms with van der Waals surface area (Å²) in [6.07, 6.45) is -97.5. The number of hydrogen-bond donors (Lipinski definition) is 31. The van der Waals surface area contributed by atoms with E-state index in [1.165, 1.54) is 6.92 Å². The van der Waals surface area contributed by atoms with E-state index < -0.39 is 396 Å². The van der Waals surface area contributed by atoms with Crippen molar-refractivity contribution in [2.24, 2.45) is 0 Å². The maximum Gasteiger partial charge on any atom is 0.217 e. The van der Waals surface area contributed by atoms with Crippen LogP contribution in [0.3, 0.4) is 0 Å². The van der Waals surface area contributed by atoms with Crippen molar-refractivity contribution in [1.82, 2.24) is 26.6 Å². The van der Waals surface area contributed by atoms with Crippen LogP contribution in [-0.4, -0.2) is 529 Å². The molecule has 10 rings (SSSR count). The summed E-state index contributed by atoms with van der Waals surface area (Å²) in [5, 5.41) is 305. The molecule has 0 unspecified atom stereocenters. The van der Waals surface area contributed by atoms with Crippen LogP contribution in [0, 0.1) is 0 Å². The van der Waals surface area contributed by atoms with Crippen LogP contribution in [-0.2, 0) is 114 Å². The van der Waals surface area contributed by atoms with E-state index in [9.17, 15) is 157 Å². The van der Waals surface area contributed by atoms with Crippen LogP contribution in [0.1, 0.15) is 41.5 Å². The highest BCUT2D eigenvalue weighted by molar-refractivity contribution is 5.75. The summed E-state index contributed by atoms with van der Waals surface area (Å²) in [6.45, 7) is -4.83. The fourth-order valence-corrected chi connectivity index (χ4v) is 16.3. The van der Waals surface area contributed by atoms with Gasteiger partial charge in [-0.25, -0.2) is 0 Å². The molecule has 0 saturated carbocycles. The van der Waals surface area contributed by atoms with Crippen LogP contribution < -0.4 is 26.6 Å². The zero-order valence-corrected chi connectivity index (χ0v) is 67.7. The van der Waals surface area contributed by atoms with Gasteiger partial charge in [0.05, 0.1) is 65.6 Å². The Bertz CT molecular complexity index is 3420. The molecule has 10 fully saturated rings. The van der Waals surface area contributed by atoms with E-state index in [1.807, 2.05) is 0 Å². The number of carbonyl (C=O) groups is 5. The maximum absolute atomic E-state index is 13.6. The van der Waals surface area contributed by atoms with E-state index in [-0.39, 0.29) is 0 Å². The predicted molar refractivity (Wildman–Crippen MR) is 386 cm³/mol. The van der Waals surface area contributed by atoms with Crippen molar-refractivity contribution >= 4 is 29.5 Å². The highest BCUT2D eigenvalue weighted by Crippen LogP contribution is 2.42. The molecule has 5 amide bonds. The first-order chi connectivity index (χ1) is 59.1. The topological polar surface area (TPSA) is 847 Å². The van der Waals surface area contributed by atoms with Crippen LogP contribution in [0.25, 0.3) is 0 Å². The van der Waals surface area contributed by atoms with Gasteiger partial charge in [-0.1, -0.05) is 0 Å². The van der Waals surface area contributed by atoms with E-state index in [4.69, 9.17) is 90.0 Å². The third-order valence-corrected chi connectivity index (χ3v) is 22.8. The Hall–Kier alpha value is -4.45. The van der Waals surface area contributed by atoms with Gasteiger partial charge in [-0.05, 0) is 6.92 Å². The minimum atomic E-state index is -2.75. The maximum atomic E-state index is 13.6. The van der Waals surface area contributed by atoms with Gasteiger partial charge >= 0.3 is 0 Å². The van der Waals surface area contributed by atoms with Crippen LogP contribution in [0.5, 0.6) is 0 Å². The highest BCUT2D eigenvalue weighted by Gasteiger charge is 2.63. The molecule has 0 bridgehead atoms. The smallest absolute Gasteiger partial charge is 0.217 e. The van der Waals surface area contributed by atoms with Crippen molar-refractivity contribution in [3.05, 3.63) is 0 Å². The molecule has 55 nitrogen and oxygen atoms in total. The van der Waals surface area contributed by atoms with Gasteiger partial charge in [0.2, 0.25) is 29.5 Å². The normalized spacial score (nSPS) is 48.7. The Morgan fingerprint density at radius 1 is 0.224 bits per heavy atom. The van der Waals surface area contributed by atoms with Crippen LogP contribution >= 0.6 is 0 Å². The summed E-state index contributed by atoms with van der Waals surface area (Å²) in [5.41, 5.74) is 0. The van der Waals surface area contributed by atoms with Crippen LogP contribution in [0.2, 0.25) is 0 Å². The Labute approximate surface area is 708 Å². The summed E-state index contributed by atoms with van der Waals surface area (Å²) in [4.78, 5) is 65.1. The average molecular weight is 1830 g/mol. The second-order valence-electron chi connectivity index (χ2n) is 31.7. The van der Waals surface area contributed by atoms with Crippen molar-refractivity contribution in [3.8, 4) is 0 Å². The quantitative estimate of drug-likeness (QED) is 0.0297. The van der Waals surface area contributed by atoms with E-state index in [1.54, 1.807) is 0 Å². The Balaban J connectivity index is 1.10. The zero-order valence-electron chi connectivity index (χ0n) is 67.7. The number of rotatable bonds is 32. The third-order valence-electron chi connectivity index (χ3n) is 22.8. The first-order valence-electron chi connectivity index (χ1n) is 40.0. The summed E-state index contributed by atoms with van der Waals surface area (Å²) in [7, 11) is 0.